The number of methoxy groups -OCH3 is 1. The molecule has 1 rings (SSSR count). The molecule has 1 aromatic carbocycles. The molecule has 0 spiro atoms. The lowest BCUT2D eigenvalue weighted by atomic mass is 10.1. The van der Waals surface area contributed by atoms with E-state index in [0.29, 0.717) is 13.1 Å². The highest BCUT2D eigenvalue weighted by atomic mass is 79.9. The fraction of sp³-hybridized carbons (Fsp3) is 0.571. The number of rotatable bonds is 8. The van der Waals surface area contributed by atoms with Gasteiger partial charge in [0.1, 0.15) is 18.5 Å². The molecule has 4 nitrogen and oxygen atoms in total. The highest BCUT2D eigenvalue weighted by Crippen LogP contribution is 2.17. The van der Waals surface area contributed by atoms with Crippen molar-refractivity contribution in [1.29, 1.82) is 0 Å². The van der Waals surface area contributed by atoms with Crippen LogP contribution in [0.3, 0.4) is 0 Å². The van der Waals surface area contributed by atoms with Gasteiger partial charge in [0.2, 0.25) is 0 Å². The molecule has 5 heteroatoms. The molecule has 0 fully saturated rings. The van der Waals surface area contributed by atoms with E-state index in [1.165, 1.54) is 0 Å². The second kappa shape index (κ2) is 7.85. The Balaban J connectivity index is 2.23. The number of nitrogens with one attached hydrogen (secondary N) is 1. The lowest BCUT2D eigenvalue weighted by Crippen LogP contribution is -2.41. The van der Waals surface area contributed by atoms with E-state index < -0.39 is 6.10 Å². The van der Waals surface area contributed by atoms with Crippen molar-refractivity contribution in [2.45, 2.75) is 25.6 Å². The molecule has 1 atom stereocenters. The van der Waals surface area contributed by atoms with Gasteiger partial charge < -0.3 is 19.9 Å². The Kier molecular flexibility index (Phi) is 6.79. The van der Waals surface area contributed by atoms with E-state index in [1.54, 1.807) is 7.11 Å². The molecule has 19 heavy (non-hydrogen) atoms. The van der Waals surface area contributed by atoms with Gasteiger partial charge in [-0.1, -0.05) is 22.0 Å². The highest BCUT2D eigenvalue weighted by Gasteiger charge is 2.16. The molecule has 0 aliphatic rings. The van der Waals surface area contributed by atoms with E-state index in [2.05, 4.69) is 21.2 Å². The van der Waals surface area contributed by atoms with Crippen LogP contribution in [-0.4, -0.2) is 43.6 Å². The number of benzene rings is 1. The average Bonchev–Trinajstić information content (AvgIpc) is 2.36. The van der Waals surface area contributed by atoms with Gasteiger partial charge in [-0.15, -0.1) is 0 Å². The Morgan fingerprint density at radius 2 is 2.16 bits per heavy atom. The molecule has 1 unspecified atom stereocenters. The van der Waals surface area contributed by atoms with E-state index in [0.717, 1.165) is 10.2 Å². The first-order chi connectivity index (χ1) is 8.93. The van der Waals surface area contributed by atoms with Gasteiger partial charge in [0.25, 0.3) is 0 Å². The molecule has 0 aliphatic carbocycles. The van der Waals surface area contributed by atoms with Crippen LogP contribution in [0.5, 0.6) is 5.75 Å². The molecule has 1 aromatic rings. The van der Waals surface area contributed by atoms with Crippen LogP contribution in [0.15, 0.2) is 28.7 Å². The molecule has 0 amide bonds. The summed E-state index contributed by atoms with van der Waals surface area (Å²) in [5, 5.41) is 13.0. The fourth-order valence-corrected chi connectivity index (χ4v) is 1.80. The van der Waals surface area contributed by atoms with E-state index in [4.69, 9.17) is 9.47 Å². The minimum Gasteiger partial charge on any atom is -0.491 e. The molecule has 0 saturated carbocycles. The molecular formula is C14H22BrNO3. The predicted octanol–water partition coefficient (Wildman–Crippen LogP) is 2.20. The Morgan fingerprint density at radius 3 is 2.79 bits per heavy atom. The highest BCUT2D eigenvalue weighted by molar-refractivity contribution is 9.10. The number of ether oxygens (including phenoxy) is 2. The zero-order chi connectivity index (χ0) is 14.3. The van der Waals surface area contributed by atoms with Crippen molar-refractivity contribution in [1.82, 2.24) is 5.32 Å². The van der Waals surface area contributed by atoms with Gasteiger partial charge in [0.05, 0.1) is 5.60 Å². The summed E-state index contributed by atoms with van der Waals surface area (Å²) in [7, 11) is 1.68. The molecule has 108 valence electrons. The minimum atomic E-state index is -0.549. The SMILES string of the molecule is COC(C)(C)CNCC(O)COc1cccc(Br)c1. The molecule has 0 bridgehead atoms. The van der Waals surface area contributed by atoms with E-state index in [1.807, 2.05) is 38.1 Å². The second-order valence-corrected chi connectivity index (χ2v) is 5.93. The summed E-state index contributed by atoms with van der Waals surface area (Å²) in [5.74, 6) is 0.741. The maximum atomic E-state index is 9.81. The molecule has 0 heterocycles. The van der Waals surface area contributed by atoms with E-state index >= 15 is 0 Å². The number of halogens is 1. The van der Waals surface area contributed by atoms with Crippen LogP contribution in [0.4, 0.5) is 0 Å². The van der Waals surface area contributed by atoms with E-state index in [-0.39, 0.29) is 12.2 Å². The predicted molar refractivity (Wildman–Crippen MR) is 79.6 cm³/mol. The first-order valence-electron chi connectivity index (χ1n) is 6.25. The maximum Gasteiger partial charge on any atom is 0.120 e. The summed E-state index contributed by atoms with van der Waals surface area (Å²) in [6.07, 6.45) is -0.549. The largest absolute Gasteiger partial charge is 0.491 e. The third-order valence-electron chi connectivity index (χ3n) is 2.72. The molecular weight excluding hydrogens is 310 g/mol. The monoisotopic (exact) mass is 331 g/mol. The topological polar surface area (TPSA) is 50.7 Å². The molecule has 0 radical (unpaired) electrons. The van der Waals surface area contributed by atoms with Crippen molar-refractivity contribution in [3.63, 3.8) is 0 Å². The number of hydrogen-bond acceptors (Lipinski definition) is 4. The van der Waals surface area contributed by atoms with Gasteiger partial charge in [-0.3, -0.25) is 0 Å². The zero-order valence-corrected chi connectivity index (χ0v) is 13.2. The van der Waals surface area contributed by atoms with Crippen LogP contribution in [0, 0.1) is 0 Å². The summed E-state index contributed by atoms with van der Waals surface area (Å²) in [6.45, 7) is 5.39. The Hall–Kier alpha value is -0.620. The Morgan fingerprint density at radius 1 is 1.42 bits per heavy atom. The fourth-order valence-electron chi connectivity index (χ4n) is 1.42. The van der Waals surface area contributed by atoms with Crippen molar-refractivity contribution >= 4 is 15.9 Å². The van der Waals surface area contributed by atoms with Crippen molar-refractivity contribution in [2.24, 2.45) is 0 Å². The normalized spacial score (nSPS) is 13.3. The minimum absolute atomic E-state index is 0.231. The summed E-state index contributed by atoms with van der Waals surface area (Å²) in [4.78, 5) is 0. The summed E-state index contributed by atoms with van der Waals surface area (Å²) >= 11 is 3.37. The van der Waals surface area contributed by atoms with Gasteiger partial charge in [-0.25, -0.2) is 0 Å². The third kappa shape index (κ3) is 6.92. The molecule has 2 N–H and O–H groups in total. The average molecular weight is 332 g/mol. The van der Waals surface area contributed by atoms with Crippen molar-refractivity contribution in [3.05, 3.63) is 28.7 Å². The smallest absolute Gasteiger partial charge is 0.120 e. The van der Waals surface area contributed by atoms with Crippen LogP contribution >= 0.6 is 15.9 Å². The van der Waals surface area contributed by atoms with Crippen molar-refractivity contribution < 1.29 is 14.6 Å². The van der Waals surface area contributed by atoms with Gasteiger partial charge in [0.15, 0.2) is 0 Å². The third-order valence-corrected chi connectivity index (χ3v) is 3.21. The van der Waals surface area contributed by atoms with Crippen molar-refractivity contribution in [3.8, 4) is 5.75 Å². The number of aliphatic hydroxyl groups is 1. The quantitative estimate of drug-likeness (QED) is 0.766. The standard InChI is InChI=1S/C14H22BrNO3/c1-14(2,18-3)10-16-8-12(17)9-19-13-6-4-5-11(15)7-13/h4-7,12,16-17H,8-10H2,1-3H3. The lowest BCUT2D eigenvalue weighted by molar-refractivity contribution is 0.0191. The molecule has 0 aromatic heterocycles. The lowest BCUT2D eigenvalue weighted by Gasteiger charge is -2.24. The number of aliphatic hydroxyl groups excluding tert-OH is 1. The van der Waals surface area contributed by atoms with E-state index in [9.17, 15) is 5.11 Å². The van der Waals surface area contributed by atoms with Crippen LogP contribution in [0.1, 0.15) is 13.8 Å². The van der Waals surface area contributed by atoms with Gasteiger partial charge >= 0.3 is 0 Å². The first kappa shape index (κ1) is 16.4. The summed E-state index contributed by atoms with van der Waals surface area (Å²) in [6, 6.07) is 7.55. The van der Waals surface area contributed by atoms with Crippen LogP contribution in [0.25, 0.3) is 0 Å². The Labute approximate surface area is 123 Å². The van der Waals surface area contributed by atoms with Crippen LogP contribution in [0.2, 0.25) is 0 Å². The summed E-state index contributed by atoms with van der Waals surface area (Å²) in [5.41, 5.74) is -0.231. The number of hydrogen-bond donors (Lipinski definition) is 2. The first-order valence-corrected chi connectivity index (χ1v) is 7.04. The van der Waals surface area contributed by atoms with Gasteiger partial charge in [0, 0.05) is 24.7 Å². The van der Waals surface area contributed by atoms with Gasteiger partial charge in [-0.05, 0) is 32.0 Å². The summed E-state index contributed by atoms with van der Waals surface area (Å²) < 4.78 is 11.7. The Bertz CT molecular complexity index is 385. The van der Waals surface area contributed by atoms with Crippen LogP contribution in [-0.2, 0) is 4.74 Å². The molecule has 0 aliphatic heterocycles. The second-order valence-electron chi connectivity index (χ2n) is 5.02. The van der Waals surface area contributed by atoms with Crippen molar-refractivity contribution in [2.75, 3.05) is 26.8 Å². The molecule has 0 saturated heterocycles. The van der Waals surface area contributed by atoms with Crippen LogP contribution < -0.4 is 10.1 Å². The zero-order valence-electron chi connectivity index (χ0n) is 11.6. The maximum absolute atomic E-state index is 9.81. The van der Waals surface area contributed by atoms with Gasteiger partial charge in [-0.2, -0.15) is 0 Å².